The number of hydrogen-bond donors (Lipinski definition) is 1. The fourth-order valence-electron chi connectivity index (χ4n) is 7.29. The van der Waals surface area contributed by atoms with Gasteiger partial charge in [-0.15, -0.1) is 0 Å². The number of rotatable bonds is 5. The Morgan fingerprint density at radius 1 is 1.14 bits per heavy atom. The topological polar surface area (TPSA) is 119 Å². The Bertz CT molecular complexity index is 1050. The molecule has 6 aliphatic rings. The number of nitrogens with zero attached hydrogens (tertiary/aromatic N) is 4. The molecule has 200 valence electrons. The molecule has 7 rings (SSSR count). The lowest BCUT2D eigenvalue weighted by Crippen LogP contribution is -2.65. The first-order valence-corrected chi connectivity index (χ1v) is 14.3. The maximum atomic E-state index is 13.3. The Morgan fingerprint density at radius 3 is 2.32 bits per heavy atom. The summed E-state index contributed by atoms with van der Waals surface area (Å²) in [6, 6.07) is 1.96. The molecule has 1 aromatic rings. The average molecular weight is 576 g/mol. The number of nitriles is 1. The van der Waals surface area contributed by atoms with E-state index in [0.29, 0.717) is 54.4 Å². The average Bonchev–Trinajstić information content (AvgIpc) is 2.88. The largest absolute Gasteiger partial charge is 0.273 e. The molecule has 37 heavy (non-hydrogen) atoms. The number of amides is 1. The maximum Gasteiger partial charge on any atom is 0.241 e. The van der Waals surface area contributed by atoms with Crippen LogP contribution in [0.15, 0.2) is 10.7 Å². The molecule has 11 heteroatoms. The molecule has 0 radical (unpaired) electrons. The number of aromatic nitrogens is 2. The van der Waals surface area contributed by atoms with Crippen molar-refractivity contribution in [3.8, 4) is 6.07 Å². The fraction of sp³-hybridized carbons (Fsp3) is 0.769. The van der Waals surface area contributed by atoms with Crippen molar-refractivity contribution >= 4 is 27.7 Å². The van der Waals surface area contributed by atoms with Gasteiger partial charge >= 0.3 is 0 Å². The minimum absolute atomic E-state index is 0.0457. The van der Waals surface area contributed by atoms with E-state index in [-0.39, 0.29) is 23.6 Å². The van der Waals surface area contributed by atoms with Gasteiger partial charge in [-0.2, -0.15) is 29.8 Å². The van der Waals surface area contributed by atoms with Gasteiger partial charge in [0, 0.05) is 43.3 Å². The zero-order valence-corrected chi connectivity index (χ0v) is 22.9. The zero-order chi connectivity index (χ0) is 25.8. The van der Waals surface area contributed by atoms with Crippen LogP contribution in [0.2, 0.25) is 0 Å². The van der Waals surface area contributed by atoms with Gasteiger partial charge in [-0.3, -0.25) is 15.2 Å². The van der Waals surface area contributed by atoms with Gasteiger partial charge in [0.25, 0.3) is 0 Å². The molecule has 0 atom stereocenters. The first-order valence-electron chi connectivity index (χ1n) is 13.5. The van der Waals surface area contributed by atoms with Crippen LogP contribution in [0.3, 0.4) is 0 Å². The number of carbonyl (C=O) groups excluding carboxylic acids is 1. The Labute approximate surface area is 225 Å². The molecule has 1 aromatic heterocycles. The number of anilines is 1. The van der Waals surface area contributed by atoms with Gasteiger partial charge in [-0.05, 0) is 78.6 Å². The second-order valence-electron chi connectivity index (χ2n) is 12.0. The highest BCUT2D eigenvalue weighted by Gasteiger charge is 2.64. The molecule has 2 spiro atoms. The van der Waals surface area contributed by atoms with Crippen LogP contribution < -0.4 is 10.4 Å². The molecular formula is C26H34BrN5O5. The normalized spacial score (nSPS) is 38.2. The van der Waals surface area contributed by atoms with Gasteiger partial charge in [0.2, 0.25) is 23.3 Å². The highest BCUT2D eigenvalue weighted by atomic mass is 79.9. The summed E-state index contributed by atoms with van der Waals surface area (Å²) in [5.74, 6) is 0.934. The van der Waals surface area contributed by atoms with Crippen LogP contribution in [0.5, 0.6) is 0 Å². The van der Waals surface area contributed by atoms with E-state index in [9.17, 15) is 10.1 Å². The summed E-state index contributed by atoms with van der Waals surface area (Å²) >= 11 is 3.45. The van der Waals surface area contributed by atoms with Crippen LogP contribution in [0.25, 0.3) is 0 Å². The van der Waals surface area contributed by atoms with Gasteiger partial charge in [-0.25, -0.2) is 4.98 Å². The molecule has 2 heterocycles. The Morgan fingerprint density at radius 2 is 1.76 bits per heavy atom. The lowest BCUT2D eigenvalue weighted by atomic mass is 9.53. The summed E-state index contributed by atoms with van der Waals surface area (Å²) in [5.41, 5.74) is 3.02. The van der Waals surface area contributed by atoms with Crippen LogP contribution in [-0.2, 0) is 24.3 Å². The molecule has 1 N–H and O–H groups in total. The number of hydrogen-bond acceptors (Lipinski definition) is 9. The van der Waals surface area contributed by atoms with Crippen LogP contribution in [0.4, 0.5) is 5.82 Å². The van der Waals surface area contributed by atoms with E-state index in [1.165, 1.54) is 12.6 Å². The molecule has 1 amide bonds. The van der Waals surface area contributed by atoms with E-state index in [1.54, 1.807) is 5.01 Å². The van der Waals surface area contributed by atoms with Crippen molar-refractivity contribution in [2.45, 2.75) is 83.2 Å². The Kier molecular flexibility index (Phi) is 6.68. The Balaban J connectivity index is 1.07. The summed E-state index contributed by atoms with van der Waals surface area (Å²) in [6.45, 7) is 4.64. The monoisotopic (exact) mass is 575 g/mol. The highest BCUT2D eigenvalue weighted by molar-refractivity contribution is 9.10. The zero-order valence-electron chi connectivity index (χ0n) is 21.3. The van der Waals surface area contributed by atoms with E-state index < -0.39 is 11.6 Å². The van der Waals surface area contributed by atoms with Crippen LogP contribution in [-0.4, -0.2) is 34.0 Å². The second-order valence-corrected chi connectivity index (χ2v) is 12.9. The number of nitrogens with one attached hydrogen (secondary N) is 1. The SMILES string of the molecule is CC(C)CN(NC(=O)C1CCC2(CC1)OOC1(OO2)C2CC3CC(C2)CC1C3)c1nc(C#N)ncc1Br. The summed E-state index contributed by atoms with van der Waals surface area (Å²) in [5, 5.41) is 10.9. The predicted octanol–water partition coefficient (Wildman–Crippen LogP) is 4.55. The van der Waals surface area contributed by atoms with E-state index in [1.807, 2.05) is 6.07 Å². The van der Waals surface area contributed by atoms with Crippen LogP contribution >= 0.6 is 15.9 Å². The molecule has 0 aromatic carbocycles. The van der Waals surface area contributed by atoms with Crippen molar-refractivity contribution in [1.29, 1.82) is 5.26 Å². The first kappa shape index (κ1) is 25.4. The van der Waals surface area contributed by atoms with Crippen molar-refractivity contribution in [2.24, 2.45) is 35.5 Å². The summed E-state index contributed by atoms with van der Waals surface area (Å²) < 4.78 is 0.604. The van der Waals surface area contributed by atoms with Gasteiger partial charge in [0.1, 0.15) is 6.07 Å². The summed E-state index contributed by atoms with van der Waals surface area (Å²) in [7, 11) is 0. The third kappa shape index (κ3) is 4.65. The molecule has 1 aliphatic heterocycles. The highest BCUT2D eigenvalue weighted by Crippen LogP contribution is 2.61. The Hall–Kier alpha value is -1.84. The smallest absolute Gasteiger partial charge is 0.241 e. The van der Waals surface area contributed by atoms with Crippen LogP contribution in [0, 0.1) is 46.8 Å². The molecule has 0 unspecified atom stereocenters. The summed E-state index contributed by atoms with van der Waals surface area (Å²) in [6.07, 6.45) is 9.53. The maximum absolute atomic E-state index is 13.3. The van der Waals surface area contributed by atoms with Crippen LogP contribution in [0.1, 0.15) is 77.5 Å². The van der Waals surface area contributed by atoms with Crippen molar-refractivity contribution in [1.82, 2.24) is 15.4 Å². The van der Waals surface area contributed by atoms with E-state index in [2.05, 4.69) is 45.2 Å². The minimum atomic E-state index is -0.967. The molecule has 1 saturated heterocycles. The lowest BCUT2D eigenvalue weighted by Gasteiger charge is -2.60. The second kappa shape index (κ2) is 9.72. The van der Waals surface area contributed by atoms with Gasteiger partial charge in [-0.1, -0.05) is 13.8 Å². The van der Waals surface area contributed by atoms with Crippen molar-refractivity contribution in [2.75, 3.05) is 11.6 Å². The third-order valence-electron chi connectivity index (χ3n) is 8.92. The van der Waals surface area contributed by atoms with Gasteiger partial charge in [0.15, 0.2) is 5.82 Å². The molecule has 4 bridgehead atoms. The van der Waals surface area contributed by atoms with Gasteiger partial charge < -0.3 is 0 Å². The number of hydrazine groups is 1. The van der Waals surface area contributed by atoms with Crippen molar-refractivity contribution < 1.29 is 24.3 Å². The van der Waals surface area contributed by atoms with Crippen molar-refractivity contribution in [3.05, 3.63) is 16.5 Å². The fourth-order valence-corrected chi connectivity index (χ4v) is 7.69. The van der Waals surface area contributed by atoms with E-state index >= 15 is 0 Å². The molecule has 5 aliphatic carbocycles. The standard InChI is InChI=1S/C26H34BrN5O5/c1-15(2)14-32(23-21(27)13-29-22(12-28)30-23)31-24(33)18-3-5-25(6-4-18)34-36-26(37-35-25)19-8-16-7-17(10-19)11-20(26)9-16/h13,15-20H,3-11,14H2,1-2H3,(H,31,33). The molecule has 6 fully saturated rings. The molecule has 10 nitrogen and oxygen atoms in total. The van der Waals surface area contributed by atoms with E-state index in [4.69, 9.17) is 19.6 Å². The predicted molar refractivity (Wildman–Crippen MR) is 134 cm³/mol. The third-order valence-corrected chi connectivity index (χ3v) is 9.48. The summed E-state index contributed by atoms with van der Waals surface area (Å²) in [4.78, 5) is 45.9. The molecular weight excluding hydrogens is 542 g/mol. The number of carbonyl (C=O) groups is 1. The number of halogens is 1. The van der Waals surface area contributed by atoms with E-state index in [0.717, 1.165) is 37.5 Å². The minimum Gasteiger partial charge on any atom is -0.273 e. The quantitative estimate of drug-likeness (QED) is 0.398. The van der Waals surface area contributed by atoms with Crippen molar-refractivity contribution in [3.63, 3.8) is 0 Å². The first-order chi connectivity index (χ1) is 17.8. The van der Waals surface area contributed by atoms with Gasteiger partial charge in [0.05, 0.1) is 4.47 Å². The lowest BCUT2D eigenvalue weighted by molar-refractivity contribution is -0.680. The molecule has 5 saturated carbocycles.